The van der Waals surface area contributed by atoms with Crippen LogP contribution in [0.2, 0.25) is 5.02 Å². The summed E-state index contributed by atoms with van der Waals surface area (Å²) >= 11 is 6.08. The molecule has 6 heteroatoms. The summed E-state index contributed by atoms with van der Waals surface area (Å²) in [7, 11) is 0. The molecule has 2 aromatic heterocycles. The van der Waals surface area contributed by atoms with Gasteiger partial charge in [0.25, 0.3) is 5.56 Å². The van der Waals surface area contributed by atoms with Gasteiger partial charge in [0.2, 0.25) is 0 Å². The minimum atomic E-state index is -0.196. The van der Waals surface area contributed by atoms with Crippen molar-refractivity contribution in [2.24, 2.45) is 5.73 Å². The third-order valence-electron chi connectivity index (χ3n) is 5.22. The maximum absolute atomic E-state index is 12.5. The van der Waals surface area contributed by atoms with E-state index in [1.165, 1.54) is 0 Å². The summed E-state index contributed by atoms with van der Waals surface area (Å²) in [4.78, 5) is 20.0. The molecule has 5 nitrogen and oxygen atoms in total. The molecule has 0 aliphatic carbocycles. The molecule has 5 rings (SSSR count). The highest BCUT2D eigenvalue weighted by atomic mass is 35.5. The lowest BCUT2D eigenvalue weighted by molar-refractivity contribution is 0.526. The minimum absolute atomic E-state index is 0.196. The van der Waals surface area contributed by atoms with E-state index in [0.717, 1.165) is 33.2 Å². The second-order valence-electron chi connectivity index (χ2n) is 7.24. The monoisotopic (exact) mass is 415 g/mol. The zero-order chi connectivity index (χ0) is 20.7. The highest BCUT2D eigenvalue weighted by Gasteiger charge is 2.12. The molecule has 0 atom stereocenters. The van der Waals surface area contributed by atoms with Gasteiger partial charge in [0.15, 0.2) is 0 Å². The van der Waals surface area contributed by atoms with Crippen molar-refractivity contribution in [2.75, 3.05) is 0 Å². The molecule has 0 radical (unpaired) electrons. The van der Waals surface area contributed by atoms with Gasteiger partial charge in [0.1, 0.15) is 11.6 Å². The first kappa shape index (κ1) is 18.6. The molecule has 0 aliphatic rings. The zero-order valence-electron chi connectivity index (χ0n) is 16.0. The Labute approximate surface area is 177 Å². The number of halogens is 1. The van der Waals surface area contributed by atoms with Crippen molar-refractivity contribution < 1.29 is 4.42 Å². The SMILES string of the molecule is NCc1cccc(Cc2occ3ccc(-c4nc5cc(Cl)ccc5c(=O)[nH]4)cc23)c1. The molecule has 0 saturated heterocycles. The third kappa shape index (κ3) is 3.38. The molecule has 0 aliphatic heterocycles. The molecule has 148 valence electrons. The number of benzene rings is 3. The Kier molecular flexibility index (Phi) is 4.62. The molecule has 0 spiro atoms. The summed E-state index contributed by atoms with van der Waals surface area (Å²) < 4.78 is 5.85. The Morgan fingerprint density at radius 1 is 1.00 bits per heavy atom. The van der Waals surface area contributed by atoms with Gasteiger partial charge >= 0.3 is 0 Å². The van der Waals surface area contributed by atoms with Crippen LogP contribution in [0.3, 0.4) is 0 Å². The fourth-order valence-electron chi connectivity index (χ4n) is 3.68. The van der Waals surface area contributed by atoms with Crippen molar-refractivity contribution in [1.29, 1.82) is 0 Å². The first-order valence-corrected chi connectivity index (χ1v) is 9.96. The fraction of sp³-hybridized carbons (Fsp3) is 0.0833. The van der Waals surface area contributed by atoms with E-state index in [9.17, 15) is 4.79 Å². The van der Waals surface area contributed by atoms with Crippen LogP contribution in [-0.2, 0) is 13.0 Å². The normalized spacial score (nSPS) is 11.4. The second-order valence-corrected chi connectivity index (χ2v) is 7.67. The molecule has 5 aromatic rings. The molecule has 0 bridgehead atoms. The second kappa shape index (κ2) is 7.44. The molecule has 3 N–H and O–H groups in total. The van der Waals surface area contributed by atoms with Gasteiger partial charge in [0, 0.05) is 34.3 Å². The highest BCUT2D eigenvalue weighted by Crippen LogP contribution is 2.28. The van der Waals surface area contributed by atoms with E-state index < -0.39 is 0 Å². The number of aromatic nitrogens is 2. The largest absolute Gasteiger partial charge is 0.468 e. The van der Waals surface area contributed by atoms with Gasteiger partial charge in [0.05, 0.1) is 17.2 Å². The Hall–Kier alpha value is -3.41. The lowest BCUT2D eigenvalue weighted by Crippen LogP contribution is -2.09. The van der Waals surface area contributed by atoms with Crippen LogP contribution in [0.15, 0.2) is 76.1 Å². The Morgan fingerprint density at radius 2 is 1.87 bits per heavy atom. The maximum Gasteiger partial charge on any atom is 0.259 e. The predicted octanol–water partition coefficient (Wildman–Crippen LogP) is 5.04. The summed E-state index contributed by atoms with van der Waals surface area (Å²) in [5.41, 5.74) is 9.15. The zero-order valence-corrected chi connectivity index (χ0v) is 16.7. The van der Waals surface area contributed by atoms with Gasteiger partial charge in [-0.25, -0.2) is 4.98 Å². The topological polar surface area (TPSA) is 84.9 Å². The maximum atomic E-state index is 12.5. The quantitative estimate of drug-likeness (QED) is 0.430. The average molecular weight is 416 g/mol. The van der Waals surface area contributed by atoms with Gasteiger partial charge in [-0.05, 0) is 35.4 Å². The van der Waals surface area contributed by atoms with Crippen molar-refractivity contribution >= 4 is 33.3 Å². The van der Waals surface area contributed by atoms with E-state index in [4.69, 9.17) is 21.8 Å². The molecular weight excluding hydrogens is 398 g/mol. The standard InChI is InChI=1S/C24H18ClN3O2/c25-18-6-7-19-21(11-18)27-23(28-24(19)29)16-4-5-17-13-30-22(20(17)10-16)9-14-2-1-3-15(8-14)12-26/h1-8,10-11,13H,9,12,26H2,(H,27,28,29). The molecule has 0 saturated carbocycles. The van der Waals surface area contributed by atoms with Crippen LogP contribution in [0.25, 0.3) is 33.1 Å². The lowest BCUT2D eigenvalue weighted by atomic mass is 10.0. The van der Waals surface area contributed by atoms with Gasteiger partial charge in [-0.15, -0.1) is 0 Å². The molecular formula is C24H18ClN3O2. The van der Waals surface area contributed by atoms with E-state index in [1.807, 2.05) is 30.3 Å². The smallest absolute Gasteiger partial charge is 0.259 e. The molecule has 30 heavy (non-hydrogen) atoms. The summed E-state index contributed by atoms with van der Waals surface area (Å²) in [5, 5.41) is 3.03. The Morgan fingerprint density at radius 3 is 2.73 bits per heavy atom. The van der Waals surface area contributed by atoms with E-state index in [-0.39, 0.29) is 5.56 Å². The molecule has 0 unspecified atom stereocenters. The molecule has 2 heterocycles. The summed E-state index contributed by atoms with van der Waals surface area (Å²) in [6.45, 7) is 0.502. The van der Waals surface area contributed by atoms with Crippen LogP contribution in [0.5, 0.6) is 0 Å². The third-order valence-corrected chi connectivity index (χ3v) is 5.45. The summed E-state index contributed by atoms with van der Waals surface area (Å²) in [6, 6.07) is 19.1. The van der Waals surface area contributed by atoms with Crippen LogP contribution in [0.1, 0.15) is 16.9 Å². The molecule has 0 amide bonds. The Bertz CT molecular complexity index is 1450. The number of hydrogen-bond acceptors (Lipinski definition) is 4. The van der Waals surface area contributed by atoms with Gasteiger partial charge in [-0.1, -0.05) is 48.0 Å². The van der Waals surface area contributed by atoms with Crippen LogP contribution in [0, 0.1) is 0 Å². The van der Waals surface area contributed by atoms with Crippen LogP contribution >= 0.6 is 11.6 Å². The number of nitrogens with one attached hydrogen (secondary N) is 1. The van der Waals surface area contributed by atoms with Crippen molar-refractivity contribution in [3.05, 3.63) is 99.2 Å². The molecule has 0 fully saturated rings. The number of furan rings is 1. The fourth-order valence-corrected chi connectivity index (χ4v) is 3.85. The first-order chi connectivity index (χ1) is 14.6. The number of hydrogen-bond donors (Lipinski definition) is 2. The van der Waals surface area contributed by atoms with E-state index >= 15 is 0 Å². The number of nitrogens with zero attached hydrogens (tertiary/aromatic N) is 1. The summed E-state index contributed by atoms with van der Waals surface area (Å²) in [6.07, 6.45) is 2.40. The number of nitrogens with two attached hydrogens (primary N) is 1. The average Bonchev–Trinajstić information content (AvgIpc) is 3.15. The number of H-pyrrole nitrogens is 1. The number of fused-ring (bicyclic) bond motifs is 2. The summed E-state index contributed by atoms with van der Waals surface area (Å²) in [5.74, 6) is 1.35. The van der Waals surface area contributed by atoms with E-state index in [2.05, 4.69) is 22.1 Å². The molecule has 3 aromatic carbocycles. The van der Waals surface area contributed by atoms with Crippen LogP contribution in [0.4, 0.5) is 0 Å². The van der Waals surface area contributed by atoms with E-state index in [0.29, 0.717) is 34.7 Å². The minimum Gasteiger partial charge on any atom is -0.468 e. The van der Waals surface area contributed by atoms with Crippen molar-refractivity contribution in [2.45, 2.75) is 13.0 Å². The van der Waals surface area contributed by atoms with Crippen molar-refractivity contribution in [3.63, 3.8) is 0 Å². The van der Waals surface area contributed by atoms with Crippen molar-refractivity contribution in [3.8, 4) is 11.4 Å². The van der Waals surface area contributed by atoms with Crippen LogP contribution in [-0.4, -0.2) is 9.97 Å². The highest BCUT2D eigenvalue weighted by molar-refractivity contribution is 6.31. The number of aromatic amines is 1. The first-order valence-electron chi connectivity index (χ1n) is 9.59. The lowest BCUT2D eigenvalue weighted by Gasteiger charge is -2.05. The van der Waals surface area contributed by atoms with Crippen molar-refractivity contribution in [1.82, 2.24) is 9.97 Å². The van der Waals surface area contributed by atoms with E-state index in [1.54, 1.807) is 24.5 Å². The van der Waals surface area contributed by atoms with Crippen LogP contribution < -0.4 is 11.3 Å². The Balaban J connectivity index is 1.59. The van der Waals surface area contributed by atoms with Gasteiger partial charge < -0.3 is 15.1 Å². The predicted molar refractivity (Wildman–Crippen MR) is 120 cm³/mol. The van der Waals surface area contributed by atoms with Gasteiger partial charge in [-0.2, -0.15) is 0 Å². The number of rotatable bonds is 4. The van der Waals surface area contributed by atoms with Gasteiger partial charge in [-0.3, -0.25) is 4.79 Å².